The topological polar surface area (TPSA) is 52.8 Å². The van der Waals surface area contributed by atoms with Crippen LogP contribution < -0.4 is 4.74 Å². The summed E-state index contributed by atoms with van der Waals surface area (Å²) in [5, 5.41) is 12.9. The van der Waals surface area contributed by atoms with Crippen LogP contribution in [0.3, 0.4) is 0 Å². The molecule has 7 heteroatoms. The third-order valence-electron chi connectivity index (χ3n) is 2.95. The van der Waals surface area contributed by atoms with E-state index in [4.69, 9.17) is 27.9 Å². The molecule has 21 heavy (non-hydrogen) atoms. The van der Waals surface area contributed by atoms with Gasteiger partial charge in [0, 0.05) is 10.6 Å². The second-order valence-electron chi connectivity index (χ2n) is 4.21. The van der Waals surface area contributed by atoms with Gasteiger partial charge in [0.1, 0.15) is 11.4 Å². The van der Waals surface area contributed by atoms with E-state index in [1.165, 1.54) is 0 Å². The molecule has 5 nitrogen and oxygen atoms in total. The van der Waals surface area contributed by atoms with Crippen LogP contribution in [0.1, 0.15) is 0 Å². The van der Waals surface area contributed by atoms with Crippen LogP contribution in [-0.2, 0) is 0 Å². The molecule has 0 aliphatic carbocycles. The smallest absolute Gasteiger partial charge is 0.188 e. The van der Waals surface area contributed by atoms with Gasteiger partial charge >= 0.3 is 0 Å². The summed E-state index contributed by atoms with van der Waals surface area (Å²) < 4.78 is 6.88. The maximum atomic E-state index is 6.21. The molecular formula is C14H10Cl2N4O. The lowest BCUT2D eigenvalue weighted by Crippen LogP contribution is -2.02. The summed E-state index contributed by atoms with van der Waals surface area (Å²) in [7, 11) is 1.58. The number of benzene rings is 2. The van der Waals surface area contributed by atoms with E-state index in [1.54, 1.807) is 36.1 Å². The molecule has 0 saturated heterocycles. The van der Waals surface area contributed by atoms with Crippen molar-refractivity contribution in [1.82, 2.24) is 20.2 Å². The monoisotopic (exact) mass is 320 g/mol. The van der Waals surface area contributed by atoms with E-state index in [2.05, 4.69) is 15.5 Å². The number of tetrazole rings is 1. The first-order chi connectivity index (χ1) is 10.2. The van der Waals surface area contributed by atoms with Gasteiger partial charge in [-0.25, -0.2) is 0 Å². The van der Waals surface area contributed by atoms with Crippen molar-refractivity contribution in [3.63, 3.8) is 0 Å². The fourth-order valence-electron chi connectivity index (χ4n) is 1.99. The van der Waals surface area contributed by atoms with Crippen LogP contribution in [0.5, 0.6) is 5.75 Å². The van der Waals surface area contributed by atoms with Crippen molar-refractivity contribution in [3.8, 4) is 22.8 Å². The highest BCUT2D eigenvalue weighted by molar-refractivity contribution is 6.33. The molecule has 0 fully saturated rings. The van der Waals surface area contributed by atoms with Crippen LogP contribution in [0.4, 0.5) is 0 Å². The number of rotatable bonds is 3. The van der Waals surface area contributed by atoms with E-state index < -0.39 is 0 Å². The van der Waals surface area contributed by atoms with Crippen LogP contribution in [-0.4, -0.2) is 27.3 Å². The average Bonchev–Trinajstić information content (AvgIpc) is 2.96. The van der Waals surface area contributed by atoms with Gasteiger partial charge in [-0.3, -0.25) is 0 Å². The van der Waals surface area contributed by atoms with Crippen molar-refractivity contribution in [1.29, 1.82) is 0 Å². The zero-order chi connectivity index (χ0) is 14.8. The Morgan fingerprint density at radius 1 is 1.10 bits per heavy atom. The molecule has 1 aromatic heterocycles. The zero-order valence-electron chi connectivity index (χ0n) is 11.0. The molecule has 0 spiro atoms. The molecule has 0 N–H and O–H groups in total. The third-order valence-corrected chi connectivity index (χ3v) is 3.52. The van der Waals surface area contributed by atoms with Crippen molar-refractivity contribution in [2.75, 3.05) is 7.11 Å². The number of aromatic nitrogens is 4. The molecule has 3 rings (SSSR count). The van der Waals surface area contributed by atoms with E-state index in [0.717, 1.165) is 5.56 Å². The largest absolute Gasteiger partial charge is 0.494 e. The Bertz CT molecular complexity index is 788. The van der Waals surface area contributed by atoms with E-state index in [0.29, 0.717) is 27.3 Å². The van der Waals surface area contributed by atoms with Gasteiger partial charge in [0.25, 0.3) is 0 Å². The lowest BCUT2D eigenvalue weighted by molar-refractivity contribution is 0.411. The summed E-state index contributed by atoms with van der Waals surface area (Å²) in [6.07, 6.45) is 0. The van der Waals surface area contributed by atoms with Gasteiger partial charge in [-0.1, -0.05) is 35.3 Å². The fourth-order valence-corrected chi connectivity index (χ4v) is 2.38. The summed E-state index contributed by atoms with van der Waals surface area (Å²) in [5.41, 5.74) is 1.37. The maximum Gasteiger partial charge on any atom is 0.188 e. The second-order valence-corrected chi connectivity index (χ2v) is 5.05. The quantitative estimate of drug-likeness (QED) is 0.739. The molecule has 0 bridgehead atoms. The minimum Gasteiger partial charge on any atom is -0.494 e. The first-order valence-electron chi connectivity index (χ1n) is 6.08. The van der Waals surface area contributed by atoms with Crippen LogP contribution in [0.2, 0.25) is 10.0 Å². The zero-order valence-corrected chi connectivity index (χ0v) is 12.5. The number of hydrogen-bond acceptors (Lipinski definition) is 4. The SMILES string of the molecule is COc1ccc(Cl)cc1-n1nnnc1-c1ccccc1Cl. The first-order valence-corrected chi connectivity index (χ1v) is 6.83. The van der Waals surface area contributed by atoms with Gasteiger partial charge in [-0.05, 0) is 40.8 Å². The highest BCUT2D eigenvalue weighted by atomic mass is 35.5. The molecule has 0 radical (unpaired) electrons. The Balaban J connectivity index is 2.21. The number of methoxy groups -OCH3 is 1. The van der Waals surface area contributed by atoms with Crippen LogP contribution in [0, 0.1) is 0 Å². The predicted octanol–water partition coefficient (Wildman–Crippen LogP) is 3.64. The maximum absolute atomic E-state index is 6.21. The Kier molecular flexibility index (Phi) is 3.77. The van der Waals surface area contributed by atoms with E-state index in [9.17, 15) is 0 Å². The number of hydrogen-bond donors (Lipinski definition) is 0. The van der Waals surface area contributed by atoms with Gasteiger partial charge in [-0.2, -0.15) is 4.68 Å². The second kappa shape index (κ2) is 5.71. The Hall–Kier alpha value is -2.11. The van der Waals surface area contributed by atoms with Crippen molar-refractivity contribution in [2.24, 2.45) is 0 Å². The van der Waals surface area contributed by atoms with Crippen molar-refractivity contribution in [2.45, 2.75) is 0 Å². The van der Waals surface area contributed by atoms with Crippen LogP contribution in [0.15, 0.2) is 42.5 Å². The highest BCUT2D eigenvalue weighted by Gasteiger charge is 2.16. The van der Waals surface area contributed by atoms with E-state index >= 15 is 0 Å². The molecule has 3 aromatic rings. The van der Waals surface area contributed by atoms with Gasteiger partial charge in [0.15, 0.2) is 5.82 Å². The number of halogens is 2. The lowest BCUT2D eigenvalue weighted by Gasteiger charge is -2.10. The summed E-state index contributed by atoms with van der Waals surface area (Å²) in [6, 6.07) is 12.6. The lowest BCUT2D eigenvalue weighted by atomic mass is 10.2. The molecule has 0 aliphatic heterocycles. The van der Waals surface area contributed by atoms with E-state index in [1.807, 2.05) is 18.2 Å². The predicted molar refractivity (Wildman–Crippen MR) is 81.2 cm³/mol. The molecule has 0 unspecified atom stereocenters. The van der Waals surface area contributed by atoms with Crippen LogP contribution in [0.25, 0.3) is 17.1 Å². The molecule has 0 saturated carbocycles. The van der Waals surface area contributed by atoms with Crippen molar-refractivity contribution < 1.29 is 4.74 Å². The van der Waals surface area contributed by atoms with Crippen molar-refractivity contribution >= 4 is 23.2 Å². The molecular weight excluding hydrogens is 311 g/mol. The first kappa shape index (κ1) is 13.9. The Morgan fingerprint density at radius 2 is 1.90 bits per heavy atom. The molecule has 0 atom stereocenters. The van der Waals surface area contributed by atoms with Gasteiger partial charge in [-0.15, -0.1) is 5.10 Å². The third kappa shape index (κ3) is 2.57. The molecule has 2 aromatic carbocycles. The standard InChI is InChI=1S/C14H10Cl2N4O/c1-21-13-7-6-9(15)8-12(13)20-14(17-18-19-20)10-4-2-3-5-11(10)16/h2-8H,1H3. The molecule has 106 valence electrons. The highest BCUT2D eigenvalue weighted by Crippen LogP contribution is 2.31. The molecule has 1 heterocycles. The minimum absolute atomic E-state index is 0.515. The van der Waals surface area contributed by atoms with E-state index in [-0.39, 0.29) is 0 Å². The molecule has 0 amide bonds. The Labute approximate surface area is 131 Å². The average molecular weight is 321 g/mol. The number of nitrogens with zero attached hydrogens (tertiary/aromatic N) is 4. The Morgan fingerprint density at radius 3 is 2.67 bits per heavy atom. The van der Waals surface area contributed by atoms with Crippen LogP contribution >= 0.6 is 23.2 Å². The summed E-state index contributed by atoms with van der Waals surface area (Å²) >= 11 is 12.3. The van der Waals surface area contributed by atoms with Gasteiger partial charge < -0.3 is 4.74 Å². The van der Waals surface area contributed by atoms with Gasteiger partial charge in [0.2, 0.25) is 0 Å². The summed E-state index contributed by atoms with van der Waals surface area (Å²) in [6.45, 7) is 0. The summed E-state index contributed by atoms with van der Waals surface area (Å²) in [5.74, 6) is 1.13. The van der Waals surface area contributed by atoms with Crippen molar-refractivity contribution in [3.05, 3.63) is 52.5 Å². The molecule has 0 aliphatic rings. The number of ether oxygens (including phenoxy) is 1. The van der Waals surface area contributed by atoms with Gasteiger partial charge in [0.05, 0.1) is 12.1 Å². The summed E-state index contributed by atoms with van der Waals surface area (Å²) in [4.78, 5) is 0. The normalized spacial score (nSPS) is 10.6. The fraction of sp³-hybridized carbons (Fsp3) is 0.0714. The minimum atomic E-state index is 0.515.